The van der Waals surface area contributed by atoms with Crippen molar-refractivity contribution >= 4 is 5.69 Å². The van der Waals surface area contributed by atoms with Gasteiger partial charge in [-0.1, -0.05) is 12.1 Å². The summed E-state index contributed by atoms with van der Waals surface area (Å²) < 4.78 is 14.7. The zero-order chi connectivity index (χ0) is 17.1. The zero-order valence-electron chi connectivity index (χ0n) is 13.1. The van der Waals surface area contributed by atoms with E-state index in [9.17, 15) is 19.6 Å². The lowest BCUT2D eigenvalue weighted by atomic mass is 10.2. The van der Waals surface area contributed by atoms with Gasteiger partial charge in [0.1, 0.15) is 18.2 Å². The molecule has 128 valence electrons. The predicted octanol–water partition coefficient (Wildman–Crippen LogP) is 1.96. The van der Waals surface area contributed by atoms with Gasteiger partial charge in [0.2, 0.25) is 0 Å². The minimum absolute atomic E-state index is 0.0963. The van der Waals surface area contributed by atoms with Crippen LogP contribution in [0.5, 0.6) is 0 Å². The van der Waals surface area contributed by atoms with Crippen LogP contribution in [0.2, 0.25) is 0 Å². The summed E-state index contributed by atoms with van der Waals surface area (Å²) in [5.41, 5.74) is 0.768. The highest BCUT2D eigenvalue weighted by Crippen LogP contribution is 2.28. The Hall–Kier alpha value is -2.32. The van der Waals surface area contributed by atoms with Crippen molar-refractivity contribution in [2.45, 2.75) is 38.1 Å². The molecule has 3 rings (SSSR count). The molecule has 7 nitrogen and oxygen atoms in total. The molecule has 1 aliphatic carbocycles. The fourth-order valence-electron chi connectivity index (χ4n) is 2.74. The SMILES string of the molecule is O=[N+]([O-])c1cnn(CC(O)CN(Cc2cccc(F)c2)C2CC2)c1. The lowest BCUT2D eigenvalue weighted by Gasteiger charge is -2.25. The van der Waals surface area contributed by atoms with Crippen LogP contribution in [-0.4, -0.2) is 43.4 Å². The van der Waals surface area contributed by atoms with E-state index in [1.807, 2.05) is 6.07 Å². The lowest BCUT2D eigenvalue weighted by Crippen LogP contribution is -2.36. The molecule has 1 aromatic carbocycles. The zero-order valence-corrected chi connectivity index (χ0v) is 13.1. The monoisotopic (exact) mass is 334 g/mol. The van der Waals surface area contributed by atoms with Crippen molar-refractivity contribution in [3.63, 3.8) is 0 Å². The van der Waals surface area contributed by atoms with Gasteiger partial charge in [-0.05, 0) is 30.5 Å². The summed E-state index contributed by atoms with van der Waals surface area (Å²) in [6, 6.07) is 6.84. The molecule has 24 heavy (non-hydrogen) atoms. The Morgan fingerprint density at radius 2 is 2.29 bits per heavy atom. The van der Waals surface area contributed by atoms with Gasteiger partial charge in [0.25, 0.3) is 0 Å². The topological polar surface area (TPSA) is 84.4 Å². The van der Waals surface area contributed by atoms with Crippen LogP contribution in [0, 0.1) is 15.9 Å². The van der Waals surface area contributed by atoms with E-state index >= 15 is 0 Å². The van der Waals surface area contributed by atoms with Gasteiger partial charge in [-0.25, -0.2) is 4.39 Å². The number of benzene rings is 1. The number of aliphatic hydroxyl groups excluding tert-OH is 1. The maximum Gasteiger partial charge on any atom is 0.306 e. The van der Waals surface area contributed by atoms with Gasteiger partial charge in [0, 0.05) is 19.1 Å². The fourth-order valence-corrected chi connectivity index (χ4v) is 2.74. The summed E-state index contributed by atoms with van der Waals surface area (Å²) in [6.45, 7) is 1.16. The normalized spacial score (nSPS) is 15.6. The van der Waals surface area contributed by atoms with Crippen molar-refractivity contribution < 1.29 is 14.4 Å². The highest BCUT2D eigenvalue weighted by atomic mass is 19.1. The number of aliphatic hydroxyl groups is 1. The Morgan fingerprint density at radius 1 is 1.50 bits per heavy atom. The molecule has 2 aromatic rings. The maximum absolute atomic E-state index is 13.3. The van der Waals surface area contributed by atoms with Crippen LogP contribution in [0.3, 0.4) is 0 Å². The predicted molar refractivity (Wildman–Crippen MR) is 84.7 cm³/mol. The fraction of sp³-hybridized carbons (Fsp3) is 0.438. The second kappa shape index (κ2) is 7.06. The van der Waals surface area contributed by atoms with Gasteiger partial charge >= 0.3 is 5.69 Å². The molecule has 1 unspecified atom stereocenters. The van der Waals surface area contributed by atoms with Crippen molar-refractivity contribution in [2.24, 2.45) is 0 Å². The Bertz CT molecular complexity index is 717. The van der Waals surface area contributed by atoms with Gasteiger partial charge in [0.05, 0.1) is 17.6 Å². The summed E-state index contributed by atoms with van der Waals surface area (Å²) in [5.74, 6) is -0.271. The summed E-state index contributed by atoms with van der Waals surface area (Å²) in [4.78, 5) is 12.3. The first kappa shape index (κ1) is 16.5. The Morgan fingerprint density at radius 3 is 2.92 bits per heavy atom. The summed E-state index contributed by atoms with van der Waals surface area (Å²) in [7, 11) is 0. The first-order valence-electron chi connectivity index (χ1n) is 7.84. The molecule has 1 fully saturated rings. The van der Waals surface area contributed by atoms with Gasteiger partial charge in [-0.15, -0.1) is 0 Å². The number of aromatic nitrogens is 2. The third-order valence-corrected chi connectivity index (χ3v) is 4.01. The molecule has 0 radical (unpaired) electrons. The molecule has 0 spiro atoms. The second-order valence-electron chi connectivity index (χ2n) is 6.12. The molecule has 1 aliphatic rings. The Balaban J connectivity index is 1.59. The second-order valence-corrected chi connectivity index (χ2v) is 6.12. The molecule has 1 saturated carbocycles. The first-order chi connectivity index (χ1) is 11.5. The molecule has 0 amide bonds. The van der Waals surface area contributed by atoms with E-state index < -0.39 is 11.0 Å². The summed E-state index contributed by atoms with van der Waals surface area (Å²) >= 11 is 0. The average Bonchev–Trinajstić information content (AvgIpc) is 3.26. The van der Waals surface area contributed by atoms with Crippen molar-refractivity contribution in [3.05, 3.63) is 58.2 Å². The third kappa shape index (κ3) is 4.36. The number of nitro groups is 1. The number of halogens is 1. The summed E-state index contributed by atoms with van der Waals surface area (Å²) in [6.07, 6.45) is 3.89. The highest BCUT2D eigenvalue weighted by molar-refractivity contribution is 5.20. The number of rotatable bonds is 8. The molecule has 1 atom stereocenters. The maximum atomic E-state index is 13.3. The molecule has 0 saturated heterocycles. The molecular weight excluding hydrogens is 315 g/mol. The molecule has 1 aromatic heterocycles. The minimum Gasteiger partial charge on any atom is -0.390 e. The molecule has 0 bridgehead atoms. The van der Waals surface area contributed by atoms with E-state index in [-0.39, 0.29) is 18.0 Å². The molecule has 1 heterocycles. The largest absolute Gasteiger partial charge is 0.390 e. The van der Waals surface area contributed by atoms with Crippen molar-refractivity contribution in [1.29, 1.82) is 0 Å². The third-order valence-electron chi connectivity index (χ3n) is 4.01. The number of hydrogen-bond donors (Lipinski definition) is 1. The van der Waals surface area contributed by atoms with Gasteiger partial charge < -0.3 is 5.11 Å². The molecular formula is C16H19FN4O3. The smallest absolute Gasteiger partial charge is 0.306 e. The van der Waals surface area contributed by atoms with Gasteiger partial charge in [0.15, 0.2) is 0 Å². The highest BCUT2D eigenvalue weighted by Gasteiger charge is 2.30. The van der Waals surface area contributed by atoms with E-state index in [1.54, 1.807) is 6.07 Å². The van der Waals surface area contributed by atoms with Crippen molar-refractivity contribution in [3.8, 4) is 0 Å². The van der Waals surface area contributed by atoms with Crippen LogP contribution in [-0.2, 0) is 13.1 Å². The van der Waals surface area contributed by atoms with Gasteiger partial charge in [-0.3, -0.25) is 19.7 Å². The standard InChI is InChI=1S/C16H19FN4O3/c17-13-3-1-2-12(6-13)8-19(14-4-5-14)10-16(22)11-20-9-15(7-18-20)21(23)24/h1-3,6-7,9,14,16,22H,4-5,8,10-11H2. The lowest BCUT2D eigenvalue weighted by molar-refractivity contribution is -0.385. The van der Waals surface area contributed by atoms with Gasteiger partial charge in [-0.2, -0.15) is 5.10 Å². The van der Waals surface area contributed by atoms with E-state index in [0.29, 0.717) is 19.1 Å². The Labute approximate surface area is 138 Å². The first-order valence-corrected chi connectivity index (χ1v) is 7.84. The average molecular weight is 334 g/mol. The van der Waals surface area contributed by atoms with Crippen LogP contribution >= 0.6 is 0 Å². The van der Waals surface area contributed by atoms with E-state index in [2.05, 4.69) is 10.00 Å². The van der Waals surface area contributed by atoms with E-state index in [4.69, 9.17) is 0 Å². The molecule has 8 heteroatoms. The van der Waals surface area contributed by atoms with E-state index in [1.165, 1.54) is 23.0 Å². The van der Waals surface area contributed by atoms with Crippen LogP contribution in [0.4, 0.5) is 10.1 Å². The minimum atomic E-state index is -0.710. The van der Waals surface area contributed by atoms with Crippen LogP contribution in [0.25, 0.3) is 0 Å². The molecule has 1 N–H and O–H groups in total. The van der Waals surface area contributed by atoms with Crippen molar-refractivity contribution in [1.82, 2.24) is 14.7 Å². The van der Waals surface area contributed by atoms with Crippen LogP contribution < -0.4 is 0 Å². The Kier molecular flexibility index (Phi) is 4.86. The molecule has 0 aliphatic heterocycles. The van der Waals surface area contributed by atoms with Crippen molar-refractivity contribution in [2.75, 3.05) is 6.54 Å². The van der Waals surface area contributed by atoms with E-state index in [0.717, 1.165) is 24.6 Å². The summed E-state index contributed by atoms with van der Waals surface area (Å²) in [5, 5.41) is 24.8. The number of nitrogens with zero attached hydrogens (tertiary/aromatic N) is 4. The quantitative estimate of drug-likeness (QED) is 0.589. The van der Waals surface area contributed by atoms with Crippen LogP contribution in [0.15, 0.2) is 36.7 Å². The van der Waals surface area contributed by atoms with Crippen LogP contribution in [0.1, 0.15) is 18.4 Å². The number of hydrogen-bond acceptors (Lipinski definition) is 5.